The maximum Gasteiger partial charge on any atom is 0.161 e. The Morgan fingerprint density at radius 2 is 0.432 bits per heavy atom. The van der Waals surface area contributed by atoms with Crippen LogP contribution < -0.4 is 29.4 Å². The van der Waals surface area contributed by atoms with Gasteiger partial charge in [-0.25, -0.2) is 0 Å². The Balaban J connectivity index is 0.000000147. The highest BCUT2D eigenvalue weighted by atomic mass is 16.3. The molecule has 0 fully saturated rings. The molecule has 0 atom stereocenters. The number of nitrogens with zero attached hydrogens (tertiary/aromatic N) is 6. The molecule has 0 saturated carbocycles. The molecule has 10 nitrogen and oxygen atoms in total. The fraction of sp³-hybridized carbons (Fsp3) is 0. The molecular formula is C108H74N6O4. The number of hydrogen-bond acceptors (Lipinski definition) is 10. The van der Waals surface area contributed by atoms with Crippen molar-refractivity contribution in [2.45, 2.75) is 0 Å². The SMILES string of the molecule is c1ccc(N(c2ccccc2)c2cc3oc4ccc(N(c5ccccc5)c5cccc6c5oc5ccccc56)cc4c3cc2N(c2ccccc2)c2ccccc2)cc1.c1ccc(N(c2ccccc2)c2ccc3c(oc4ccc(N(c5ccccc5)c5cccc6oc7ccccc7c56)cc43)c2N(c2ccccc2)c2ccccc2)cc1. The zero-order chi connectivity index (χ0) is 78.2. The molecule has 0 N–H and O–H groups in total. The summed E-state index contributed by atoms with van der Waals surface area (Å²) in [5.41, 5.74) is 24.8. The monoisotopic (exact) mass is 1520 g/mol. The first-order valence-electron chi connectivity index (χ1n) is 39.7. The number of para-hydroxylation sites is 13. The third-order valence-corrected chi connectivity index (χ3v) is 22.0. The first-order chi connectivity index (χ1) is 58.6. The Bertz CT molecular complexity index is 7150. The zero-order valence-electron chi connectivity index (χ0n) is 64.0. The fourth-order valence-electron chi connectivity index (χ4n) is 16.8. The Kier molecular flexibility index (Phi) is 18.0. The normalized spacial score (nSPS) is 11.4. The van der Waals surface area contributed by atoms with E-state index in [0.717, 1.165) is 190 Å². The fourth-order valence-corrected chi connectivity index (χ4v) is 16.8. The van der Waals surface area contributed by atoms with Crippen LogP contribution in [0, 0.1) is 0 Å². The van der Waals surface area contributed by atoms with E-state index in [1.54, 1.807) is 0 Å². The molecule has 0 spiro atoms. The molecule has 4 aromatic heterocycles. The van der Waals surface area contributed by atoms with Crippen molar-refractivity contribution in [1.82, 2.24) is 0 Å². The largest absolute Gasteiger partial charge is 0.456 e. The molecule has 118 heavy (non-hydrogen) atoms. The molecule has 18 aromatic carbocycles. The van der Waals surface area contributed by atoms with Crippen LogP contribution in [0.3, 0.4) is 0 Å². The Morgan fingerprint density at radius 1 is 0.136 bits per heavy atom. The minimum absolute atomic E-state index is 0.786. The molecule has 0 aliphatic carbocycles. The minimum atomic E-state index is 0.786. The minimum Gasteiger partial charge on any atom is -0.456 e. The molecule has 4 heterocycles. The van der Waals surface area contributed by atoms with E-state index in [2.05, 4.69) is 448 Å². The van der Waals surface area contributed by atoms with Crippen LogP contribution >= 0.6 is 0 Å². The molecule has 22 aromatic rings. The van der Waals surface area contributed by atoms with E-state index in [0.29, 0.717) is 0 Å². The van der Waals surface area contributed by atoms with Gasteiger partial charge in [0.05, 0.1) is 33.8 Å². The summed E-state index contributed by atoms with van der Waals surface area (Å²) in [6.45, 7) is 0. The lowest BCUT2D eigenvalue weighted by molar-refractivity contribution is 0.668. The summed E-state index contributed by atoms with van der Waals surface area (Å²) in [5.74, 6) is 0. The van der Waals surface area contributed by atoms with Gasteiger partial charge in [0.15, 0.2) is 11.2 Å². The molecule has 22 rings (SSSR count). The van der Waals surface area contributed by atoms with Crippen LogP contribution in [-0.4, -0.2) is 0 Å². The quantitative estimate of drug-likeness (QED) is 0.0829. The molecule has 0 unspecified atom stereocenters. The maximum atomic E-state index is 7.13. The maximum absolute atomic E-state index is 7.13. The van der Waals surface area contributed by atoms with E-state index in [9.17, 15) is 0 Å². The molecule has 10 heteroatoms. The van der Waals surface area contributed by atoms with Crippen molar-refractivity contribution in [1.29, 1.82) is 0 Å². The average molecular weight is 1520 g/mol. The number of anilines is 18. The summed E-state index contributed by atoms with van der Waals surface area (Å²) in [7, 11) is 0. The number of furan rings is 4. The standard InChI is InChI=1S/2C54H37N3O2/c1-6-19-38(20-7-1)55(39-21-8-2-9-22-39)49-36-47-46-35-43(57(42-27-14-5-15-28-42)48-31-18-30-45-44-29-16-17-32-51(44)59-54(45)48)33-34-52(46)58-53(47)37-50(49)56(40-23-10-3-11-24-40)41-25-12-4-13-26-41;1-6-19-38(20-7-1)55(39-21-8-2-9-22-39)48-35-34-44-46-37-43(33-36-50(46)59-54(44)53(48)57(41-25-12-4-13-26-41)42-27-14-5-15-28-42)56(40-23-10-3-11-24-40)47-30-18-32-51-52(47)45-29-16-17-31-49(45)58-51/h2*1-37H. The molecular weight excluding hydrogens is 1450 g/mol. The zero-order valence-corrected chi connectivity index (χ0v) is 64.0. The Morgan fingerprint density at radius 3 is 0.898 bits per heavy atom. The molecule has 0 saturated heterocycles. The van der Waals surface area contributed by atoms with Crippen LogP contribution in [0.5, 0.6) is 0 Å². The van der Waals surface area contributed by atoms with Crippen molar-refractivity contribution in [3.8, 4) is 0 Å². The van der Waals surface area contributed by atoms with E-state index in [4.69, 9.17) is 17.7 Å². The summed E-state index contributed by atoms with van der Waals surface area (Å²) in [5, 5.41) is 8.37. The van der Waals surface area contributed by atoms with Crippen molar-refractivity contribution >= 4 is 190 Å². The molecule has 0 bridgehead atoms. The predicted octanol–water partition coefficient (Wildman–Crippen LogP) is 31.8. The molecule has 0 radical (unpaired) electrons. The highest BCUT2D eigenvalue weighted by Gasteiger charge is 2.31. The van der Waals surface area contributed by atoms with Gasteiger partial charge in [0.25, 0.3) is 0 Å². The number of rotatable bonds is 18. The summed E-state index contributed by atoms with van der Waals surface area (Å²) < 4.78 is 27.0. The first-order valence-corrected chi connectivity index (χ1v) is 39.7. The van der Waals surface area contributed by atoms with E-state index >= 15 is 0 Å². The van der Waals surface area contributed by atoms with Crippen molar-refractivity contribution in [2.24, 2.45) is 0 Å². The van der Waals surface area contributed by atoms with Gasteiger partial charge in [-0.3, -0.25) is 0 Å². The van der Waals surface area contributed by atoms with Gasteiger partial charge in [-0.15, -0.1) is 0 Å². The van der Waals surface area contributed by atoms with Gasteiger partial charge in [0.2, 0.25) is 0 Å². The molecule has 0 aliphatic rings. The van der Waals surface area contributed by atoms with Crippen LogP contribution in [0.2, 0.25) is 0 Å². The van der Waals surface area contributed by atoms with E-state index in [-0.39, 0.29) is 0 Å². The number of benzene rings is 18. The first kappa shape index (κ1) is 69.9. The van der Waals surface area contributed by atoms with Crippen LogP contribution in [0.4, 0.5) is 102 Å². The third kappa shape index (κ3) is 12.8. The van der Waals surface area contributed by atoms with Crippen LogP contribution in [-0.2, 0) is 0 Å². The lowest BCUT2D eigenvalue weighted by atomic mass is 10.0. The van der Waals surface area contributed by atoms with Crippen molar-refractivity contribution in [3.63, 3.8) is 0 Å². The number of hydrogen-bond donors (Lipinski definition) is 0. The third-order valence-electron chi connectivity index (χ3n) is 22.0. The second-order valence-corrected chi connectivity index (χ2v) is 29.1. The van der Waals surface area contributed by atoms with Gasteiger partial charge in [-0.1, -0.05) is 237 Å². The highest BCUT2D eigenvalue weighted by Crippen LogP contribution is 2.55. The smallest absolute Gasteiger partial charge is 0.161 e. The van der Waals surface area contributed by atoms with Gasteiger partial charge in [-0.05, 0) is 206 Å². The molecule has 560 valence electrons. The van der Waals surface area contributed by atoms with E-state index in [1.807, 2.05) is 30.3 Å². The van der Waals surface area contributed by atoms with Gasteiger partial charge in [-0.2, -0.15) is 0 Å². The van der Waals surface area contributed by atoms with Crippen LogP contribution in [0.15, 0.2) is 467 Å². The summed E-state index contributed by atoms with van der Waals surface area (Å²) >= 11 is 0. The van der Waals surface area contributed by atoms with Gasteiger partial charge in [0, 0.05) is 112 Å². The predicted molar refractivity (Wildman–Crippen MR) is 490 cm³/mol. The highest BCUT2D eigenvalue weighted by molar-refractivity contribution is 6.18. The summed E-state index contributed by atoms with van der Waals surface area (Å²) in [6.07, 6.45) is 0. The van der Waals surface area contributed by atoms with Gasteiger partial charge >= 0.3 is 0 Å². The van der Waals surface area contributed by atoms with Crippen molar-refractivity contribution in [2.75, 3.05) is 29.4 Å². The number of fused-ring (bicyclic) bond motifs is 12. The van der Waals surface area contributed by atoms with Crippen LogP contribution in [0.1, 0.15) is 0 Å². The van der Waals surface area contributed by atoms with Gasteiger partial charge in [0.1, 0.15) is 39.2 Å². The summed E-state index contributed by atoms with van der Waals surface area (Å²) in [6, 6.07) is 157. The Labute approximate surface area is 681 Å². The van der Waals surface area contributed by atoms with Crippen molar-refractivity contribution < 1.29 is 17.7 Å². The Hall–Kier alpha value is -16.0. The molecule has 0 amide bonds. The van der Waals surface area contributed by atoms with E-state index < -0.39 is 0 Å². The van der Waals surface area contributed by atoms with Crippen LogP contribution in [0.25, 0.3) is 87.8 Å². The lowest BCUT2D eigenvalue weighted by Crippen LogP contribution is -2.17. The lowest BCUT2D eigenvalue weighted by Gasteiger charge is -2.33. The second kappa shape index (κ2) is 30.5. The van der Waals surface area contributed by atoms with E-state index in [1.165, 1.54) is 0 Å². The topological polar surface area (TPSA) is 72.0 Å². The van der Waals surface area contributed by atoms with Crippen molar-refractivity contribution in [3.05, 3.63) is 449 Å². The summed E-state index contributed by atoms with van der Waals surface area (Å²) in [4.78, 5) is 13.9. The molecule has 0 aliphatic heterocycles. The average Bonchev–Trinajstić information content (AvgIpc) is 1.54. The van der Waals surface area contributed by atoms with Gasteiger partial charge < -0.3 is 47.1 Å². The second-order valence-electron chi connectivity index (χ2n) is 29.1.